The molecule has 0 N–H and O–H groups in total. The van der Waals surface area contributed by atoms with Crippen molar-refractivity contribution in [2.75, 3.05) is 0 Å². The predicted octanol–water partition coefficient (Wildman–Crippen LogP) is 0.526. The summed E-state index contributed by atoms with van der Waals surface area (Å²) in [6.45, 7) is 0. The highest BCUT2D eigenvalue weighted by molar-refractivity contribution is 5.76. The second-order valence-corrected chi connectivity index (χ2v) is 3.98. The van der Waals surface area contributed by atoms with Gasteiger partial charge in [0.05, 0.1) is 0 Å². The van der Waals surface area contributed by atoms with Gasteiger partial charge in [-0.2, -0.15) is 0 Å². The van der Waals surface area contributed by atoms with Crippen molar-refractivity contribution in [2.45, 2.75) is 12.1 Å². The zero-order chi connectivity index (χ0) is 13.0. The molecule has 18 heavy (non-hydrogen) atoms. The molecule has 1 aromatic rings. The van der Waals surface area contributed by atoms with Crippen molar-refractivity contribution in [1.29, 1.82) is 0 Å². The zero-order valence-electron chi connectivity index (χ0n) is 9.60. The minimum atomic E-state index is -1.29. The summed E-state index contributed by atoms with van der Waals surface area (Å²) in [5.74, 6) is 0. The van der Waals surface area contributed by atoms with E-state index in [2.05, 4.69) is 0 Å². The van der Waals surface area contributed by atoms with Crippen LogP contribution in [0.2, 0.25) is 0 Å². The van der Waals surface area contributed by atoms with Crippen LogP contribution >= 0.6 is 0 Å². The van der Waals surface area contributed by atoms with Crippen molar-refractivity contribution in [3.05, 3.63) is 48.3 Å². The molecule has 0 bridgehead atoms. The van der Waals surface area contributed by atoms with Gasteiger partial charge in [-0.15, -0.1) is 0 Å². The van der Waals surface area contributed by atoms with Gasteiger partial charge in [0.2, 0.25) is 12.8 Å². The quantitative estimate of drug-likeness (QED) is 0.710. The average Bonchev–Trinajstić information content (AvgIpc) is 2.77. The molecule has 0 aromatic heterocycles. The normalized spacial score (nSPS) is 16.7. The topological polar surface area (TPSA) is 57.7 Å². The Bertz CT molecular complexity index is 466. The van der Waals surface area contributed by atoms with Gasteiger partial charge in [-0.3, -0.25) is 24.2 Å². The Balaban J connectivity index is 2.37. The lowest BCUT2D eigenvalue weighted by Gasteiger charge is -2.35. The second kappa shape index (κ2) is 4.83. The van der Waals surface area contributed by atoms with Gasteiger partial charge in [-0.1, -0.05) is 30.3 Å². The largest absolute Gasteiger partial charge is 0.299 e. The van der Waals surface area contributed by atoms with Gasteiger partial charge >= 0.3 is 0 Å². The van der Waals surface area contributed by atoms with E-state index in [9.17, 15) is 14.4 Å². The molecule has 0 spiro atoms. The molecule has 0 unspecified atom stereocenters. The standard InChI is InChI=1S/C13H12N2O3/c16-9-13(8-12-4-2-1-3-5-12)14(10-17)6-7-15(13)11-18/h1-7,9-11H,8H2. The predicted molar refractivity (Wildman–Crippen MR) is 63.9 cm³/mol. The fourth-order valence-electron chi connectivity index (χ4n) is 2.03. The van der Waals surface area contributed by atoms with Crippen molar-refractivity contribution >= 4 is 19.1 Å². The van der Waals surface area contributed by atoms with Crippen LogP contribution in [0.3, 0.4) is 0 Å². The molecule has 2 amide bonds. The molecule has 1 aliphatic rings. The van der Waals surface area contributed by atoms with Crippen molar-refractivity contribution in [3.8, 4) is 0 Å². The van der Waals surface area contributed by atoms with E-state index >= 15 is 0 Å². The van der Waals surface area contributed by atoms with Crippen LogP contribution in [0.15, 0.2) is 42.7 Å². The number of carbonyl (C=O) groups is 3. The van der Waals surface area contributed by atoms with E-state index < -0.39 is 5.66 Å². The number of rotatable bonds is 5. The van der Waals surface area contributed by atoms with E-state index in [1.807, 2.05) is 30.3 Å². The fraction of sp³-hybridized carbons (Fsp3) is 0.154. The maximum Gasteiger partial charge on any atom is 0.216 e. The highest BCUT2D eigenvalue weighted by Gasteiger charge is 2.43. The molecule has 0 aliphatic carbocycles. The van der Waals surface area contributed by atoms with E-state index in [4.69, 9.17) is 0 Å². The molecule has 1 aliphatic heterocycles. The van der Waals surface area contributed by atoms with Crippen LogP contribution in [0.5, 0.6) is 0 Å². The summed E-state index contributed by atoms with van der Waals surface area (Å²) in [5.41, 5.74) is -0.419. The third-order valence-electron chi connectivity index (χ3n) is 3.01. The number of hydrogen-bond acceptors (Lipinski definition) is 3. The van der Waals surface area contributed by atoms with Gasteiger partial charge in [0.15, 0.2) is 11.9 Å². The Morgan fingerprint density at radius 3 is 1.94 bits per heavy atom. The van der Waals surface area contributed by atoms with Crippen LogP contribution < -0.4 is 0 Å². The summed E-state index contributed by atoms with van der Waals surface area (Å²) in [7, 11) is 0. The number of hydrogen-bond donors (Lipinski definition) is 0. The van der Waals surface area contributed by atoms with Gasteiger partial charge in [0.25, 0.3) is 0 Å². The van der Waals surface area contributed by atoms with Gasteiger partial charge in [0, 0.05) is 18.8 Å². The SMILES string of the molecule is O=CN1C=CN(C=O)C1(C=O)Cc1ccccc1. The summed E-state index contributed by atoms with van der Waals surface area (Å²) in [6.07, 6.45) is 4.77. The van der Waals surface area contributed by atoms with Gasteiger partial charge in [-0.05, 0) is 5.56 Å². The maximum atomic E-state index is 11.4. The molecule has 5 heteroatoms. The van der Waals surface area contributed by atoms with E-state index in [0.29, 0.717) is 19.1 Å². The number of aldehydes is 1. The first-order chi connectivity index (χ1) is 8.76. The molecule has 0 saturated heterocycles. The smallest absolute Gasteiger partial charge is 0.216 e. The number of nitrogens with zero attached hydrogens (tertiary/aromatic N) is 2. The van der Waals surface area contributed by atoms with Crippen LogP contribution in [0.4, 0.5) is 0 Å². The Morgan fingerprint density at radius 2 is 1.50 bits per heavy atom. The van der Waals surface area contributed by atoms with Gasteiger partial charge in [-0.25, -0.2) is 0 Å². The molecule has 0 saturated carbocycles. The first-order valence-electron chi connectivity index (χ1n) is 5.43. The molecule has 0 atom stereocenters. The van der Waals surface area contributed by atoms with E-state index in [1.165, 1.54) is 22.2 Å². The second-order valence-electron chi connectivity index (χ2n) is 3.98. The lowest BCUT2D eigenvalue weighted by atomic mass is 9.99. The molecule has 92 valence electrons. The highest BCUT2D eigenvalue weighted by Crippen LogP contribution is 2.27. The molecule has 5 nitrogen and oxygen atoms in total. The molecule has 1 heterocycles. The Hall–Kier alpha value is -2.43. The van der Waals surface area contributed by atoms with E-state index in [-0.39, 0.29) is 6.42 Å². The van der Waals surface area contributed by atoms with Crippen LogP contribution in [0.1, 0.15) is 5.56 Å². The summed E-state index contributed by atoms with van der Waals surface area (Å²) >= 11 is 0. The monoisotopic (exact) mass is 244 g/mol. The van der Waals surface area contributed by atoms with Gasteiger partial charge < -0.3 is 0 Å². The fourth-order valence-corrected chi connectivity index (χ4v) is 2.03. The summed E-state index contributed by atoms with van der Waals surface area (Å²) in [4.78, 5) is 35.8. The lowest BCUT2D eigenvalue weighted by Crippen LogP contribution is -2.55. The first kappa shape index (κ1) is 12.0. The molecular weight excluding hydrogens is 232 g/mol. The lowest BCUT2D eigenvalue weighted by molar-refractivity contribution is -0.140. The van der Waals surface area contributed by atoms with Crippen molar-refractivity contribution in [2.24, 2.45) is 0 Å². The Kier molecular flexibility index (Phi) is 3.23. The van der Waals surface area contributed by atoms with Crippen LogP contribution in [-0.2, 0) is 20.8 Å². The number of carbonyl (C=O) groups excluding carboxylic acids is 3. The number of amides is 2. The average molecular weight is 244 g/mol. The zero-order valence-corrected chi connectivity index (χ0v) is 9.60. The molecule has 0 radical (unpaired) electrons. The van der Waals surface area contributed by atoms with Crippen molar-refractivity contribution in [3.63, 3.8) is 0 Å². The molecule has 0 fully saturated rings. The van der Waals surface area contributed by atoms with Crippen LogP contribution in [0.25, 0.3) is 0 Å². The summed E-state index contributed by atoms with van der Waals surface area (Å²) in [5, 5.41) is 0. The van der Waals surface area contributed by atoms with Crippen LogP contribution in [-0.4, -0.2) is 34.6 Å². The summed E-state index contributed by atoms with van der Waals surface area (Å²) < 4.78 is 0. The molecule has 2 rings (SSSR count). The van der Waals surface area contributed by atoms with E-state index in [1.54, 1.807) is 0 Å². The maximum absolute atomic E-state index is 11.4. The minimum absolute atomic E-state index is 0.252. The molecular formula is C13H12N2O3. The van der Waals surface area contributed by atoms with E-state index in [0.717, 1.165) is 5.56 Å². The highest BCUT2D eigenvalue weighted by atomic mass is 16.2. The van der Waals surface area contributed by atoms with Crippen LogP contribution in [0, 0.1) is 0 Å². The van der Waals surface area contributed by atoms with Crippen molar-refractivity contribution in [1.82, 2.24) is 9.80 Å². The first-order valence-corrected chi connectivity index (χ1v) is 5.43. The Morgan fingerprint density at radius 1 is 0.944 bits per heavy atom. The minimum Gasteiger partial charge on any atom is -0.299 e. The third kappa shape index (κ3) is 1.79. The Labute approximate surface area is 104 Å². The number of benzene rings is 1. The molecule has 1 aromatic carbocycles. The van der Waals surface area contributed by atoms with Crippen molar-refractivity contribution < 1.29 is 14.4 Å². The van der Waals surface area contributed by atoms with Gasteiger partial charge in [0.1, 0.15) is 0 Å². The third-order valence-corrected chi connectivity index (χ3v) is 3.01. The summed E-state index contributed by atoms with van der Waals surface area (Å²) in [6, 6.07) is 9.23.